The quantitative estimate of drug-likeness (QED) is 0.650. The summed E-state index contributed by atoms with van der Waals surface area (Å²) in [5, 5.41) is 0. The van der Waals surface area contributed by atoms with Gasteiger partial charge in [0.15, 0.2) is 0 Å². The van der Waals surface area contributed by atoms with Crippen molar-refractivity contribution in [3.05, 3.63) is 0 Å². The Labute approximate surface area is 114 Å². The molecule has 1 aliphatic carbocycles. The predicted molar refractivity (Wildman–Crippen MR) is 79.7 cm³/mol. The zero-order valence-corrected chi connectivity index (χ0v) is 13.6. The predicted octanol–water partition coefficient (Wildman–Crippen LogP) is 5.21. The summed E-state index contributed by atoms with van der Waals surface area (Å²) in [5.41, 5.74) is 0. The van der Waals surface area contributed by atoms with Crippen LogP contribution < -0.4 is 0 Å². The first-order chi connectivity index (χ1) is 8.52. The van der Waals surface area contributed by atoms with Crippen LogP contribution in [0.2, 0.25) is 0 Å². The lowest BCUT2D eigenvalue weighted by Gasteiger charge is -2.18. The van der Waals surface area contributed by atoms with Gasteiger partial charge in [0.1, 0.15) is 6.10 Å². The molecule has 1 fully saturated rings. The van der Waals surface area contributed by atoms with Gasteiger partial charge in [-0.05, 0) is 25.7 Å². The van der Waals surface area contributed by atoms with E-state index in [0.29, 0.717) is 5.92 Å². The van der Waals surface area contributed by atoms with Gasteiger partial charge < -0.3 is 4.74 Å². The van der Waals surface area contributed by atoms with Gasteiger partial charge in [-0.1, -0.05) is 60.8 Å². The molecule has 2 nitrogen and oxygen atoms in total. The maximum absolute atomic E-state index is 11.5. The molecule has 0 heterocycles. The molecule has 1 aliphatic rings. The number of esters is 1. The van der Waals surface area contributed by atoms with Crippen LogP contribution in [0.15, 0.2) is 0 Å². The smallest absolute Gasteiger partial charge is 0.309 e. The number of hydrogen-bond acceptors (Lipinski definition) is 2. The molecule has 0 aromatic heterocycles. The number of ether oxygens (including phenoxy) is 1. The van der Waals surface area contributed by atoms with E-state index in [1.807, 2.05) is 20.8 Å². The molecule has 0 amide bonds. The van der Waals surface area contributed by atoms with Crippen LogP contribution in [0.1, 0.15) is 80.6 Å². The highest BCUT2D eigenvalue weighted by molar-refractivity contribution is 5.72. The van der Waals surface area contributed by atoms with Crippen molar-refractivity contribution in [3.8, 4) is 0 Å². The van der Waals surface area contributed by atoms with Crippen molar-refractivity contribution < 1.29 is 9.53 Å². The van der Waals surface area contributed by atoms with Crippen LogP contribution in [0, 0.1) is 11.8 Å². The van der Waals surface area contributed by atoms with E-state index in [4.69, 9.17) is 4.74 Å². The average Bonchev–Trinajstić information content (AvgIpc) is 2.86. The molecule has 110 valence electrons. The molecule has 0 radical (unpaired) electrons. The normalized spacial score (nSPS) is 16.2. The van der Waals surface area contributed by atoms with Gasteiger partial charge in [-0.2, -0.15) is 0 Å². The molecule has 0 bridgehead atoms. The molecule has 0 aromatic rings. The van der Waals surface area contributed by atoms with Gasteiger partial charge in [-0.25, -0.2) is 0 Å². The molecule has 1 saturated carbocycles. The Kier molecular flexibility index (Phi) is 14.2. The third-order valence-electron chi connectivity index (χ3n) is 2.93. The fourth-order valence-corrected chi connectivity index (χ4v) is 1.58. The van der Waals surface area contributed by atoms with E-state index in [2.05, 4.69) is 27.7 Å². The first-order valence-electron chi connectivity index (χ1n) is 7.73. The number of carbonyl (C=O) groups is 1. The van der Waals surface area contributed by atoms with Crippen molar-refractivity contribution in [2.75, 3.05) is 0 Å². The van der Waals surface area contributed by atoms with Gasteiger partial charge in [0.2, 0.25) is 0 Å². The van der Waals surface area contributed by atoms with Crippen molar-refractivity contribution >= 4 is 5.97 Å². The summed E-state index contributed by atoms with van der Waals surface area (Å²) in [6.07, 6.45) is 5.76. The zero-order chi connectivity index (χ0) is 14.6. The Morgan fingerprint density at radius 3 is 1.83 bits per heavy atom. The molecule has 1 unspecified atom stereocenters. The molecular weight excluding hydrogens is 224 g/mol. The van der Waals surface area contributed by atoms with E-state index in [1.165, 1.54) is 19.3 Å². The molecule has 18 heavy (non-hydrogen) atoms. The summed E-state index contributed by atoms with van der Waals surface area (Å²) in [7, 11) is 0. The highest BCUT2D eigenvalue weighted by Crippen LogP contribution is 2.26. The van der Waals surface area contributed by atoms with Crippen LogP contribution in [-0.2, 0) is 9.53 Å². The molecule has 1 rings (SSSR count). The fourth-order valence-electron chi connectivity index (χ4n) is 1.58. The van der Waals surface area contributed by atoms with E-state index in [9.17, 15) is 4.79 Å². The van der Waals surface area contributed by atoms with Crippen LogP contribution >= 0.6 is 0 Å². The van der Waals surface area contributed by atoms with Crippen molar-refractivity contribution in [1.29, 1.82) is 0 Å². The van der Waals surface area contributed by atoms with E-state index in [-0.39, 0.29) is 18.0 Å². The highest BCUT2D eigenvalue weighted by atomic mass is 16.5. The molecule has 0 saturated heterocycles. The Morgan fingerprint density at radius 1 is 1.11 bits per heavy atom. The van der Waals surface area contributed by atoms with Crippen molar-refractivity contribution in [3.63, 3.8) is 0 Å². The second kappa shape index (κ2) is 12.9. The Hall–Kier alpha value is -0.530. The molecule has 1 atom stereocenters. The summed E-state index contributed by atoms with van der Waals surface area (Å²) in [6.45, 7) is 14.4. The van der Waals surface area contributed by atoms with E-state index >= 15 is 0 Å². The second-order valence-electron chi connectivity index (χ2n) is 5.07. The topological polar surface area (TPSA) is 26.3 Å². The lowest BCUT2D eigenvalue weighted by Crippen LogP contribution is -2.24. The Bertz CT molecular complexity index is 182. The molecule has 0 N–H and O–H groups in total. The summed E-state index contributed by atoms with van der Waals surface area (Å²) in [5.74, 6) is 0.644. The maximum atomic E-state index is 11.5. The van der Waals surface area contributed by atoms with Crippen LogP contribution in [0.5, 0.6) is 0 Å². The monoisotopic (exact) mass is 258 g/mol. The lowest BCUT2D eigenvalue weighted by atomic mass is 10.1. The van der Waals surface area contributed by atoms with Crippen molar-refractivity contribution in [2.24, 2.45) is 11.8 Å². The average molecular weight is 258 g/mol. The minimum atomic E-state index is 0.0266. The Morgan fingerprint density at radius 2 is 1.50 bits per heavy atom. The standard InChI is InChI=1S/C11H20O2.C3H8.C2H6/c1-8(2)9(3)13-11(12)10-6-4-5-7-10;1-3-2;1-2/h8-10H,4-7H2,1-3H3;3H2,1-2H3;1-2H3. The van der Waals surface area contributed by atoms with Gasteiger partial charge in [0.25, 0.3) is 0 Å². The fraction of sp³-hybridized carbons (Fsp3) is 0.938. The third-order valence-corrected chi connectivity index (χ3v) is 2.93. The van der Waals surface area contributed by atoms with Gasteiger partial charge in [-0.15, -0.1) is 0 Å². The minimum absolute atomic E-state index is 0.0266. The van der Waals surface area contributed by atoms with Gasteiger partial charge in [-0.3, -0.25) is 4.79 Å². The zero-order valence-electron chi connectivity index (χ0n) is 13.6. The van der Waals surface area contributed by atoms with Crippen LogP contribution in [0.3, 0.4) is 0 Å². The Balaban J connectivity index is 0. The van der Waals surface area contributed by atoms with Crippen molar-refractivity contribution in [1.82, 2.24) is 0 Å². The maximum Gasteiger partial charge on any atom is 0.309 e. The van der Waals surface area contributed by atoms with Crippen molar-refractivity contribution in [2.45, 2.75) is 86.7 Å². The largest absolute Gasteiger partial charge is 0.462 e. The van der Waals surface area contributed by atoms with Crippen LogP contribution in [0.25, 0.3) is 0 Å². The minimum Gasteiger partial charge on any atom is -0.462 e. The molecule has 0 spiro atoms. The van der Waals surface area contributed by atoms with Gasteiger partial charge >= 0.3 is 5.97 Å². The molecular formula is C16H34O2. The number of carbonyl (C=O) groups excluding carboxylic acids is 1. The summed E-state index contributed by atoms with van der Waals surface area (Å²) >= 11 is 0. The first kappa shape index (κ1) is 19.8. The first-order valence-corrected chi connectivity index (χ1v) is 7.73. The van der Waals surface area contributed by atoms with Gasteiger partial charge in [0.05, 0.1) is 5.92 Å². The summed E-state index contributed by atoms with van der Waals surface area (Å²) < 4.78 is 5.36. The van der Waals surface area contributed by atoms with E-state index in [1.54, 1.807) is 0 Å². The third kappa shape index (κ3) is 9.49. The SMILES string of the molecule is CC.CC(C)C(C)OC(=O)C1CCCC1.CCC. The summed E-state index contributed by atoms with van der Waals surface area (Å²) in [6, 6.07) is 0. The molecule has 0 aromatic carbocycles. The van der Waals surface area contributed by atoms with Crippen LogP contribution in [-0.4, -0.2) is 12.1 Å². The van der Waals surface area contributed by atoms with Gasteiger partial charge in [0, 0.05) is 0 Å². The van der Waals surface area contributed by atoms with Crippen LogP contribution in [0.4, 0.5) is 0 Å². The van der Waals surface area contributed by atoms with E-state index < -0.39 is 0 Å². The van der Waals surface area contributed by atoms with E-state index in [0.717, 1.165) is 12.8 Å². The highest BCUT2D eigenvalue weighted by Gasteiger charge is 2.25. The lowest BCUT2D eigenvalue weighted by molar-refractivity contribution is -0.155. The number of rotatable bonds is 3. The molecule has 2 heteroatoms. The molecule has 0 aliphatic heterocycles. The second-order valence-corrected chi connectivity index (χ2v) is 5.07. The number of hydrogen-bond donors (Lipinski definition) is 0. The summed E-state index contributed by atoms with van der Waals surface area (Å²) in [4.78, 5) is 11.5.